The molecular formula is C22H25FN4O2. The molecule has 2 amide bonds. The van der Waals surface area contributed by atoms with Gasteiger partial charge in [0.2, 0.25) is 0 Å². The number of methoxy groups -OCH3 is 1. The molecule has 2 aromatic carbocycles. The van der Waals surface area contributed by atoms with E-state index >= 15 is 0 Å². The lowest BCUT2D eigenvalue weighted by Gasteiger charge is -2.17. The van der Waals surface area contributed by atoms with Crippen LogP contribution >= 0.6 is 0 Å². The minimum Gasteiger partial charge on any atom is -0.497 e. The molecule has 0 aliphatic heterocycles. The number of halogens is 1. The Kier molecular flexibility index (Phi) is 6.84. The normalized spacial score (nSPS) is 11.7. The molecular weight excluding hydrogens is 371 g/mol. The number of aromatic nitrogens is 1. The number of nitrogens with one attached hydrogen (secondary N) is 3. The average molecular weight is 396 g/mol. The van der Waals surface area contributed by atoms with Gasteiger partial charge >= 0.3 is 6.03 Å². The largest absolute Gasteiger partial charge is 0.497 e. The molecule has 1 aromatic heterocycles. The van der Waals surface area contributed by atoms with E-state index in [1.54, 1.807) is 25.4 Å². The Morgan fingerprint density at radius 3 is 2.86 bits per heavy atom. The van der Waals surface area contributed by atoms with Gasteiger partial charge in [-0.25, -0.2) is 9.18 Å². The number of carbonyl (C=O) groups excluding carboxylic acids is 1. The van der Waals surface area contributed by atoms with Crippen molar-refractivity contribution in [2.45, 2.75) is 25.8 Å². The second kappa shape index (κ2) is 9.73. The first-order chi connectivity index (χ1) is 14.0. The van der Waals surface area contributed by atoms with E-state index in [2.05, 4.69) is 27.9 Å². The maximum Gasteiger partial charge on any atom is 0.319 e. The molecule has 1 heterocycles. The third kappa shape index (κ3) is 5.81. The van der Waals surface area contributed by atoms with Crippen LogP contribution in [-0.2, 0) is 0 Å². The first-order valence-corrected chi connectivity index (χ1v) is 9.55. The molecule has 3 rings (SSSR count). The van der Waals surface area contributed by atoms with E-state index in [1.807, 2.05) is 24.3 Å². The van der Waals surface area contributed by atoms with E-state index in [9.17, 15) is 9.18 Å². The number of carbonyl (C=O) groups is 1. The summed E-state index contributed by atoms with van der Waals surface area (Å²) in [6.45, 7) is 2.60. The number of anilines is 2. The fraction of sp³-hybridized carbons (Fsp3) is 0.273. The van der Waals surface area contributed by atoms with Gasteiger partial charge < -0.3 is 20.7 Å². The Morgan fingerprint density at radius 2 is 2.07 bits per heavy atom. The molecule has 29 heavy (non-hydrogen) atoms. The zero-order chi connectivity index (χ0) is 20.6. The van der Waals surface area contributed by atoms with Crippen molar-refractivity contribution < 1.29 is 13.9 Å². The van der Waals surface area contributed by atoms with Crippen LogP contribution in [0.1, 0.15) is 19.8 Å². The number of ether oxygens (including phenoxy) is 1. The Morgan fingerprint density at radius 1 is 1.21 bits per heavy atom. The molecule has 0 saturated heterocycles. The molecule has 0 aliphatic carbocycles. The van der Waals surface area contributed by atoms with Gasteiger partial charge in [-0.2, -0.15) is 0 Å². The van der Waals surface area contributed by atoms with Gasteiger partial charge in [-0.05, 0) is 50.1 Å². The highest BCUT2D eigenvalue weighted by molar-refractivity contribution is 5.92. The SMILES string of the molecule is COc1cc(NC(C)CCCNC(=O)Nc2cccc(F)c2)c2ncccc2c1. The van der Waals surface area contributed by atoms with Crippen molar-refractivity contribution in [3.05, 3.63) is 60.5 Å². The third-order valence-electron chi connectivity index (χ3n) is 4.50. The lowest BCUT2D eigenvalue weighted by atomic mass is 10.1. The van der Waals surface area contributed by atoms with Gasteiger partial charge in [-0.1, -0.05) is 12.1 Å². The molecule has 0 spiro atoms. The number of pyridine rings is 1. The predicted molar refractivity (Wildman–Crippen MR) is 114 cm³/mol. The summed E-state index contributed by atoms with van der Waals surface area (Å²) in [5.41, 5.74) is 2.24. The quantitative estimate of drug-likeness (QED) is 0.479. The van der Waals surface area contributed by atoms with Crippen LogP contribution in [0.25, 0.3) is 10.9 Å². The summed E-state index contributed by atoms with van der Waals surface area (Å²) in [4.78, 5) is 16.4. The van der Waals surface area contributed by atoms with Crippen molar-refractivity contribution in [3.8, 4) is 5.75 Å². The van der Waals surface area contributed by atoms with Crippen molar-refractivity contribution in [1.82, 2.24) is 10.3 Å². The molecule has 0 radical (unpaired) electrons. The van der Waals surface area contributed by atoms with Gasteiger partial charge in [0.1, 0.15) is 11.6 Å². The molecule has 0 saturated carbocycles. The van der Waals surface area contributed by atoms with E-state index < -0.39 is 0 Å². The molecule has 7 heteroatoms. The number of rotatable bonds is 8. The van der Waals surface area contributed by atoms with Crippen LogP contribution in [-0.4, -0.2) is 30.7 Å². The number of hydrogen-bond donors (Lipinski definition) is 3. The van der Waals surface area contributed by atoms with Crippen LogP contribution in [0.5, 0.6) is 5.75 Å². The zero-order valence-electron chi connectivity index (χ0n) is 16.5. The first kappa shape index (κ1) is 20.4. The summed E-state index contributed by atoms with van der Waals surface area (Å²) in [7, 11) is 1.64. The minimum atomic E-state index is -0.387. The summed E-state index contributed by atoms with van der Waals surface area (Å²) >= 11 is 0. The predicted octanol–water partition coefficient (Wildman–Crippen LogP) is 4.78. The lowest BCUT2D eigenvalue weighted by Crippen LogP contribution is -2.30. The lowest BCUT2D eigenvalue weighted by molar-refractivity contribution is 0.252. The number of hydrogen-bond acceptors (Lipinski definition) is 4. The summed E-state index contributed by atoms with van der Waals surface area (Å²) in [6, 6.07) is 13.4. The highest BCUT2D eigenvalue weighted by Crippen LogP contribution is 2.28. The smallest absolute Gasteiger partial charge is 0.319 e. The second-order valence-corrected chi connectivity index (χ2v) is 6.83. The molecule has 3 aromatic rings. The highest BCUT2D eigenvalue weighted by Gasteiger charge is 2.09. The molecule has 152 valence electrons. The number of fused-ring (bicyclic) bond motifs is 1. The van der Waals surface area contributed by atoms with E-state index in [0.29, 0.717) is 12.2 Å². The number of benzene rings is 2. The van der Waals surface area contributed by atoms with Crippen molar-refractivity contribution >= 4 is 28.3 Å². The Bertz CT molecular complexity index is 980. The molecule has 1 atom stereocenters. The summed E-state index contributed by atoms with van der Waals surface area (Å²) < 4.78 is 18.5. The van der Waals surface area contributed by atoms with Crippen LogP contribution in [0, 0.1) is 5.82 Å². The molecule has 3 N–H and O–H groups in total. The highest BCUT2D eigenvalue weighted by atomic mass is 19.1. The average Bonchev–Trinajstić information content (AvgIpc) is 2.71. The monoisotopic (exact) mass is 396 g/mol. The standard InChI is InChI=1S/C22H25FN4O2/c1-15(6-4-11-25-22(28)27-18-9-3-8-17(23)13-18)26-20-14-19(29-2)12-16-7-5-10-24-21(16)20/h3,5,7-10,12-15,26H,4,6,11H2,1-2H3,(H2,25,27,28). The van der Waals surface area contributed by atoms with E-state index in [4.69, 9.17) is 4.74 Å². The third-order valence-corrected chi connectivity index (χ3v) is 4.50. The van der Waals surface area contributed by atoms with Gasteiger partial charge in [0.15, 0.2) is 0 Å². The van der Waals surface area contributed by atoms with Gasteiger partial charge in [0, 0.05) is 35.9 Å². The van der Waals surface area contributed by atoms with E-state index in [0.717, 1.165) is 35.2 Å². The van der Waals surface area contributed by atoms with Crippen LogP contribution in [0.3, 0.4) is 0 Å². The molecule has 6 nitrogen and oxygen atoms in total. The van der Waals surface area contributed by atoms with Crippen molar-refractivity contribution in [2.75, 3.05) is 24.3 Å². The van der Waals surface area contributed by atoms with E-state index in [-0.39, 0.29) is 17.9 Å². The van der Waals surface area contributed by atoms with Crippen molar-refractivity contribution in [1.29, 1.82) is 0 Å². The summed E-state index contributed by atoms with van der Waals surface area (Å²) in [5, 5.41) is 9.89. The maximum atomic E-state index is 13.1. The number of amides is 2. The number of urea groups is 1. The van der Waals surface area contributed by atoms with Crippen molar-refractivity contribution in [2.24, 2.45) is 0 Å². The maximum absolute atomic E-state index is 13.1. The fourth-order valence-corrected chi connectivity index (χ4v) is 3.08. The van der Waals surface area contributed by atoms with Crippen molar-refractivity contribution in [3.63, 3.8) is 0 Å². The zero-order valence-corrected chi connectivity index (χ0v) is 16.5. The minimum absolute atomic E-state index is 0.181. The Labute approximate surface area is 169 Å². The van der Waals surface area contributed by atoms with Crippen LogP contribution < -0.4 is 20.7 Å². The van der Waals surface area contributed by atoms with Gasteiger partial charge in [0.05, 0.1) is 18.3 Å². The van der Waals surface area contributed by atoms with E-state index in [1.165, 1.54) is 12.1 Å². The second-order valence-electron chi connectivity index (χ2n) is 6.83. The van der Waals surface area contributed by atoms with Crippen LogP contribution in [0.15, 0.2) is 54.7 Å². The molecule has 0 aliphatic rings. The molecule has 1 unspecified atom stereocenters. The topological polar surface area (TPSA) is 75.3 Å². The van der Waals surface area contributed by atoms with Gasteiger partial charge in [-0.3, -0.25) is 4.98 Å². The molecule has 0 fully saturated rings. The van der Waals surface area contributed by atoms with Gasteiger partial charge in [-0.15, -0.1) is 0 Å². The first-order valence-electron chi connectivity index (χ1n) is 9.55. The summed E-state index contributed by atoms with van der Waals surface area (Å²) in [5.74, 6) is 0.387. The van der Waals surface area contributed by atoms with Gasteiger partial charge in [0.25, 0.3) is 0 Å². The molecule has 0 bridgehead atoms. The summed E-state index contributed by atoms with van der Waals surface area (Å²) in [6.07, 6.45) is 3.41. The van der Waals surface area contributed by atoms with Crippen LogP contribution in [0.4, 0.5) is 20.6 Å². The van der Waals surface area contributed by atoms with Crippen LogP contribution in [0.2, 0.25) is 0 Å². The number of nitrogens with zero attached hydrogens (tertiary/aromatic N) is 1. The fourth-order valence-electron chi connectivity index (χ4n) is 3.08. The Hall–Kier alpha value is -3.35. The Balaban J connectivity index is 1.47.